The first-order valence-electron chi connectivity index (χ1n) is 6.67. The van der Waals surface area contributed by atoms with Crippen LogP contribution in [0.15, 0.2) is 18.2 Å². The Balaban J connectivity index is 2.25. The zero-order valence-electron chi connectivity index (χ0n) is 11.8. The van der Waals surface area contributed by atoms with Crippen LogP contribution in [0.2, 0.25) is 0 Å². The lowest BCUT2D eigenvalue weighted by molar-refractivity contribution is 0.263. The molecule has 1 fully saturated rings. The number of nitrogens with zero attached hydrogens (tertiary/aromatic N) is 2. The molecule has 1 aromatic carbocycles. The summed E-state index contributed by atoms with van der Waals surface area (Å²) in [6.45, 7) is 11.2. The fraction of sp³-hybridized carbons (Fsp3) is 0.562. The first-order valence-corrected chi connectivity index (χ1v) is 6.67. The summed E-state index contributed by atoms with van der Waals surface area (Å²) in [6, 6.07) is 8.41. The normalized spacial score (nSPS) is 19.9. The molecule has 0 bridgehead atoms. The molecule has 1 saturated heterocycles. The zero-order chi connectivity index (χ0) is 13.3. The fourth-order valence-electron chi connectivity index (χ4n) is 2.68. The molecule has 1 aliphatic rings. The van der Waals surface area contributed by atoms with Crippen molar-refractivity contribution in [3.63, 3.8) is 0 Å². The molecule has 0 aromatic heterocycles. The first kappa shape index (κ1) is 13.0. The van der Waals surface area contributed by atoms with Gasteiger partial charge in [-0.15, -0.1) is 0 Å². The lowest BCUT2D eigenvalue weighted by atomic mass is 9.80. The number of benzene rings is 1. The van der Waals surface area contributed by atoms with Crippen LogP contribution in [-0.2, 0) is 0 Å². The van der Waals surface area contributed by atoms with E-state index in [0.29, 0.717) is 11.3 Å². The van der Waals surface area contributed by atoms with Crippen molar-refractivity contribution in [2.45, 2.75) is 34.1 Å². The Labute approximate surface area is 110 Å². The Bertz CT molecular complexity index is 477. The maximum atomic E-state index is 9.22. The number of aryl methyl sites for hydroxylation is 1. The van der Waals surface area contributed by atoms with Crippen molar-refractivity contribution in [1.29, 1.82) is 5.26 Å². The van der Waals surface area contributed by atoms with Crippen LogP contribution in [0.25, 0.3) is 0 Å². The van der Waals surface area contributed by atoms with Gasteiger partial charge in [0, 0.05) is 13.1 Å². The van der Waals surface area contributed by atoms with Crippen LogP contribution in [0.1, 0.15) is 38.3 Å². The van der Waals surface area contributed by atoms with Gasteiger partial charge in [-0.1, -0.05) is 26.8 Å². The summed E-state index contributed by atoms with van der Waals surface area (Å²) in [6.07, 6.45) is 1.22. The second-order valence-corrected chi connectivity index (χ2v) is 6.43. The average molecular weight is 242 g/mol. The minimum absolute atomic E-state index is 0.353. The zero-order valence-corrected chi connectivity index (χ0v) is 11.8. The summed E-state index contributed by atoms with van der Waals surface area (Å²) < 4.78 is 0. The highest BCUT2D eigenvalue weighted by atomic mass is 15.2. The van der Waals surface area contributed by atoms with E-state index in [-0.39, 0.29) is 0 Å². The molecule has 0 saturated carbocycles. The average Bonchev–Trinajstić information content (AvgIpc) is 2.77. The first-order chi connectivity index (χ1) is 8.41. The SMILES string of the molecule is Cc1ccc(C#N)c(N2CCC(C(C)(C)C)C2)c1. The second kappa shape index (κ2) is 4.65. The van der Waals surface area contributed by atoms with E-state index in [0.717, 1.165) is 24.3 Å². The molecule has 1 aromatic rings. The van der Waals surface area contributed by atoms with E-state index in [1.165, 1.54) is 12.0 Å². The molecule has 18 heavy (non-hydrogen) atoms. The van der Waals surface area contributed by atoms with Crippen LogP contribution in [0, 0.1) is 29.6 Å². The van der Waals surface area contributed by atoms with Crippen LogP contribution < -0.4 is 4.90 Å². The van der Waals surface area contributed by atoms with E-state index in [9.17, 15) is 5.26 Å². The molecule has 1 unspecified atom stereocenters. The summed E-state index contributed by atoms with van der Waals surface area (Å²) in [4.78, 5) is 2.38. The summed E-state index contributed by atoms with van der Waals surface area (Å²) in [5.41, 5.74) is 3.49. The van der Waals surface area contributed by atoms with Crippen molar-refractivity contribution in [1.82, 2.24) is 0 Å². The molecular formula is C16H22N2. The number of hydrogen-bond acceptors (Lipinski definition) is 2. The van der Waals surface area contributed by atoms with E-state index in [1.54, 1.807) is 0 Å². The highest BCUT2D eigenvalue weighted by molar-refractivity contribution is 5.61. The van der Waals surface area contributed by atoms with Crippen molar-refractivity contribution >= 4 is 5.69 Å². The quantitative estimate of drug-likeness (QED) is 0.750. The molecule has 1 heterocycles. The molecule has 1 aliphatic heterocycles. The smallest absolute Gasteiger partial charge is 0.101 e. The predicted molar refractivity (Wildman–Crippen MR) is 75.7 cm³/mol. The van der Waals surface area contributed by atoms with Gasteiger partial charge in [0.1, 0.15) is 6.07 Å². The largest absolute Gasteiger partial charge is 0.370 e. The van der Waals surface area contributed by atoms with Crippen LogP contribution in [0.4, 0.5) is 5.69 Å². The molecular weight excluding hydrogens is 220 g/mol. The summed E-state index contributed by atoms with van der Waals surface area (Å²) in [5.74, 6) is 0.713. The van der Waals surface area contributed by atoms with Crippen molar-refractivity contribution < 1.29 is 0 Å². The van der Waals surface area contributed by atoms with E-state index in [1.807, 2.05) is 12.1 Å². The van der Waals surface area contributed by atoms with E-state index in [2.05, 4.69) is 44.7 Å². The van der Waals surface area contributed by atoms with Crippen molar-refractivity contribution in [2.75, 3.05) is 18.0 Å². The van der Waals surface area contributed by atoms with E-state index < -0.39 is 0 Å². The van der Waals surface area contributed by atoms with Gasteiger partial charge < -0.3 is 4.90 Å². The van der Waals surface area contributed by atoms with Gasteiger partial charge in [-0.25, -0.2) is 0 Å². The number of hydrogen-bond donors (Lipinski definition) is 0. The highest BCUT2D eigenvalue weighted by Gasteiger charge is 2.32. The maximum absolute atomic E-state index is 9.22. The van der Waals surface area contributed by atoms with Gasteiger partial charge in [-0.3, -0.25) is 0 Å². The van der Waals surface area contributed by atoms with Gasteiger partial charge in [0.2, 0.25) is 0 Å². The minimum Gasteiger partial charge on any atom is -0.370 e. The molecule has 0 aliphatic carbocycles. The maximum Gasteiger partial charge on any atom is 0.101 e. The van der Waals surface area contributed by atoms with Crippen LogP contribution in [-0.4, -0.2) is 13.1 Å². The molecule has 96 valence electrons. The monoisotopic (exact) mass is 242 g/mol. The van der Waals surface area contributed by atoms with Crippen molar-refractivity contribution in [2.24, 2.45) is 11.3 Å². The second-order valence-electron chi connectivity index (χ2n) is 6.43. The van der Waals surface area contributed by atoms with Gasteiger partial charge in [-0.05, 0) is 42.4 Å². The highest BCUT2D eigenvalue weighted by Crippen LogP contribution is 2.36. The molecule has 1 atom stereocenters. The summed E-state index contributed by atoms with van der Waals surface area (Å²) >= 11 is 0. The van der Waals surface area contributed by atoms with Crippen molar-refractivity contribution in [3.05, 3.63) is 29.3 Å². The lowest BCUT2D eigenvalue weighted by Crippen LogP contribution is -2.26. The third-order valence-corrected chi connectivity index (χ3v) is 4.03. The van der Waals surface area contributed by atoms with Crippen molar-refractivity contribution in [3.8, 4) is 6.07 Å². The Hall–Kier alpha value is -1.49. The van der Waals surface area contributed by atoms with Crippen LogP contribution in [0.3, 0.4) is 0 Å². The Morgan fingerprint density at radius 3 is 2.61 bits per heavy atom. The van der Waals surface area contributed by atoms with Crippen LogP contribution in [0.5, 0.6) is 0 Å². The van der Waals surface area contributed by atoms with E-state index >= 15 is 0 Å². The Morgan fingerprint density at radius 1 is 1.33 bits per heavy atom. The Kier molecular flexibility index (Phi) is 3.34. The Morgan fingerprint density at radius 2 is 2.06 bits per heavy atom. The molecule has 0 radical (unpaired) electrons. The molecule has 0 N–H and O–H groups in total. The lowest BCUT2D eigenvalue weighted by Gasteiger charge is -2.27. The van der Waals surface area contributed by atoms with Gasteiger partial charge in [0.05, 0.1) is 11.3 Å². The van der Waals surface area contributed by atoms with E-state index in [4.69, 9.17) is 0 Å². The van der Waals surface area contributed by atoms with Gasteiger partial charge >= 0.3 is 0 Å². The molecule has 0 spiro atoms. The fourth-order valence-corrected chi connectivity index (χ4v) is 2.68. The number of rotatable bonds is 1. The summed E-state index contributed by atoms with van der Waals surface area (Å²) in [7, 11) is 0. The molecule has 2 rings (SSSR count). The minimum atomic E-state index is 0.353. The molecule has 0 amide bonds. The van der Waals surface area contributed by atoms with Gasteiger partial charge in [0.15, 0.2) is 0 Å². The predicted octanol–water partition coefficient (Wildman–Crippen LogP) is 3.74. The molecule has 2 nitrogen and oxygen atoms in total. The molecule has 2 heteroatoms. The van der Waals surface area contributed by atoms with Crippen LogP contribution >= 0.6 is 0 Å². The topological polar surface area (TPSA) is 27.0 Å². The standard InChI is InChI=1S/C16H22N2/c1-12-5-6-13(10-17)15(9-12)18-8-7-14(11-18)16(2,3)4/h5-6,9,14H,7-8,11H2,1-4H3. The van der Waals surface area contributed by atoms with Gasteiger partial charge in [-0.2, -0.15) is 5.26 Å². The third kappa shape index (κ3) is 2.51. The summed E-state index contributed by atoms with van der Waals surface area (Å²) in [5, 5.41) is 9.22. The third-order valence-electron chi connectivity index (χ3n) is 4.03. The number of nitriles is 1. The van der Waals surface area contributed by atoms with Gasteiger partial charge in [0.25, 0.3) is 0 Å². The number of anilines is 1.